The minimum absolute atomic E-state index is 0.0215. The number of benzene rings is 2. The predicted molar refractivity (Wildman–Crippen MR) is 257 cm³/mol. The Kier molecular flexibility index (Phi) is 15.2. The smallest absolute Gasteiger partial charge is 0.343 e. The van der Waals surface area contributed by atoms with Crippen molar-refractivity contribution in [2.75, 3.05) is 32.7 Å². The zero-order valence-electron chi connectivity index (χ0n) is 40.1. The first kappa shape index (κ1) is 51.2. The number of pyridine rings is 2. The highest BCUT2D eigenvalue weighted by atomic mass is 19.1. The van der Waals surface area contributed by atoms with Crippen LogP contribution in [0, 0.1) is 12.7 Å². The number of nitrogens with one attached hydrogen (secondary N) is 6. The quantitative estimate of drug-likeness (QED) is 0.0314. The number of aliphatic hydroxyl groups is 1. The van der Waals surface area contributed by atoms with Gasteiger partial charge in [-0.25, -0.2) is 14.2 Å². The number of carbonyl (C=O) groups is 9. The molecule has 0 bridgehead atoms. The molecule has 4 aliphatic rings. The number of carbonyl (C=O) groups excluding carboxylic acids is 9. The first-order valence-electron chi connectivity index (χ1n) is 24.0. The summed E-state index contributed by atoms with van der Waals surface area (Å²) >= 11 is 0. The molecule has 8 amide bonds. The van der Waals surface area contributed by atoms with Gasteiger partial charge in [-0.1, -0.05) is 43.7 Å². The van der Waals surface area contributed by atoms with E-state index in [2.05, 4.69) is 31.9 Å². The van der Waals surface area contributed by atoms with E-state index in [4.69, 9.17) is 9.72 Å². The summed E-state index contributed by atoms with van der Waals surface area (Å²) in [6.07, 6.45) is 4.73. The molecular formula is C51H54FN9O12. The summed E-state index contributed by atoms with van der Waals surface area (Å²) in [4.78, 5) is 134. The van der Waals surface area contributed by atoms with E-state index in [9.17, 15) is 53.1 Å². The third-order valence-corrected chi connectivity index (χ3v) is 13.6. The molecule has 2 aromatic heterocycles. The van der Waals surface area contributed by atoms with Crippen molar-refractivity contribution < 1.29 is 57.4 Å². The molecule has 73 heavy (non-hydrogen) atoms. The Balaban J connectivity index is 0.845. The van der Waals surface area contributed by atoms with Gasteiger partial charge >= 0.3 is 5.97 Å². The largest absolute Gasteiger partial charge is 0.458 e. The number of aromatic nitrogens is 2. The number of hydrogen-bond donors (Lipinski definition) is 7. The van der Waals surface area contributed by atoms with Crippen molar-refractivity contribution >= 4 is 64.1 Å². The van der Waals surface area contributed by atoms with Crippen molar-refractivity contribution in [3.8, 4) is 11.4 Å². The van der Waals surface area contributed by atoms with Gasteiger partial charge in [0.1, 0.15) is 18.5 Å². The minimum Gasteiger partial charge on any atom is -0.458 e. The van der Waals surface area contributed by atoms with Crippen LogP contribution in [0.3, 0.4) is 0 Å². The number of cyclic esters (lactones) is 1. The van der Waals surface area contributed by atoms with Gasteiger partial charge < -0.3 is 46.3 Å². The number of hydrogen-bond acceptors (Lipinski definition) is 13. The highest BCUT2D eigenvalue weighted by Crippen LogP contribution is 2.46. The van der Waals surface area contributed by atoms with Gasteiger partial charge in [-0.3, -0.25) is 48.1 Å². The number of esters is 1. The lowest BCUT2D eigenvalue weighted by Gasteiger charge is -2.31. The van der Waals surface area contributed by atoms with Crippen LogP contribution in [0.5, 0.6) is 0 Å². The zero-order chi connectivity index (χ0) is 52.1. The molecule has 7 N–H and O–H groups in total. The van der Waals surface area contributed by atoms with Crippen LogP contribution in [-0.2, 0) is 79.5 Å². The maximum absolute atomic E-state index is 15.4. The van der Waals surface area contributed by atoms with E-state index >= 15 is 4.39 Å². The van der Waals surface area contributed by atoms with Crippen molar-refractivity contribution in [2.24, 2.45) is 0 Å². The summed E-state index contributed by atoms with van der Waals surface area (Å²) in [6, 6.07) is 9.73. The highest BCUT2D eigenvalue weighted by molar-refractivity contribution is 6.12. The van der Waals surface area contributed by atoms with Crippen LogP contribution in [0.15, 0.2) is 59.4 Å². The molecule has 0 radical (unpaired) electrons. The van der Waals surface area contributed by atoms with Crippen LogP contribution in [0.1, 0.15) is 90.4 Å². The number of halogens is 1. The zero-order valence-corrected chi connectivity index (χ0v) is 40.1. The SMILES string of the molecule is CC[C@@]1(O)C(=O)OCc2c1cc1n(c2=O)Cc2c-1nc1cc(F)c(C)c3c1c2[C@@H](NC(=O)CNC(=O)CNC(=O)[C@H](Cc1ccccc1)NC(=O)CNC(=O)CNC(=O)CCCCCN1C(=O)C=CC1=O)CC3. The fraction of sp³-hybridized carbons (Fsp3) is 0.392. The number of aryl methyl sites for hydroxylation is 1. The Hall–Kier alpha value is -8.14. The monoisotopic (exact) mass is 1000 g/mol. The van der Waals surface area contributed by atoms with Crippen LogP contribution < -0.4 is 37.5 Å². The molecule has 0 unspecified atom stereocenters. The van der Waals surface area contributed by atoms with Crippen molar-refractivity contribution in [2.45, 2.75) is 96.1 Å². The average Bonchev–Trinajstić information content (AvgIpc) is 3.91. The summed E-state index contributed by atoms with van der Waals surface area (Å²) < 4.78 is 22.1. The van der Waals surface area contributed by atoms with Crippen LogP contribution in [0.25, 0.3) is 22.3 Å². The second-order valence-corrected chi connectivity index (χ2v) is 18.3. The van der Waals surface area contributed by atoms with E-state index in [0.717, 1.165) is 4.90 Å². The van der Waals surface area contributed by atoms with Crippen molar-refractivity contribution in [1.82, 2.24) is 46.4 Å². The number of imide groups is 1. The Morgan fingerprint density at radius 1 is 0.836 bits per heavy atom. The number of fused-ring (bicyclic) bond motifs is 5. The fourth-order valence-corrected chi connectivity index (χ4v) is 9.67. The van der Waals surface area contributed by atoms with Crippen LogP contribution in [0.4, 0.5) is 4.39 Å². The maximum Gasteiger partial charge on any atom is 0.343 e. The van der Waals surface area contributed by atoms with E-state index in [1.165, 1.54) is 22.8 Å². The average molecular weight is 1000 g/mol. The molecule has 3 atom stereocenters. The van der Waals surface area contributed by atoms with Gasteiger partial charge in [0.05, 0.1) is 61.2 Å². The highest BCUT2D eigenvalue weighted by Gasteiger charge is 2.46. The summed E-state index contributed by atoms with van der Waals surface area (Å²) in [6.45, 7) is 1.19. The van der Waals surface area contributed by atoms with Crippen molar-refractivity contribution in [3.05, 3.63) is 110 Å². The van der Waals surface area contributed by atoms with Crippen LogP contribution >= 0.6 is 0 Å². The van der Waals surface area contributed by atoms with Crippen molar-refractivity contribution in [3.63, 3.8) is 0 Å². The van der Waals surface area contributed by atoms with Crippen LogP contribution in [-0.4, -0.2) is 112 Å². The van der Waals surface area contributed by atoms with Gasteiger partial charge in [0.25, 0.3) is 17.4 Å². The number of amides is 8. The Morgan fingerprint density at radius 2 is 1.51 bits per heavy atom. The molecule has 382 valence electrons. The molecule has 0 spiro atoms. The third-order valence-electron chi connectivity index (χ3n) is 13.6. The van der Waals surface area contributed by atoms with Crippen LogP contribution in [0.2, 0.25) is 0 Å². The lowest BCUT2D eigenvalue weighted by Crippen LogP contribution is -2.52. The number of ether oxygens (including phenoxy) is 1. The number of unbranched alkanes of at least 4 members (excludes halogenated alkanes) is 2. The molecular weight excluding hydrogens is 950 g/mol. The van der Waals surface area contributed by atoms with Gasteiger partial charge in [0.2, 0.25) is 35.4 Å². The summed E-state index contributed by atoms with van der Waals surface area (Å²) in [5, 5.41) is 27.4. The first-order valence-corrected chi connectivity index (χ1v) is 24.0. The predicted octanol–water partition coefficient (Wildman–Crippen LogP) is 0.308. The molecule has 21 nitrogen and oxygen atoms in total. The maximum atomic E-state index is 15.4. The Morgan fingerprint density at radius 3 is 2.22 bits per heavy atom. The lowest BCUT2D eigenvalue weighted by molar-refractivity contribution is -0.172. The van der Waals surface area contributed by atoms with E-state index < -0.39 is 96.7 Å². The molecule has 0 fully saturated rings. The Labute approximate surface area is 416 Å². The number of nitrogens with zero attached hydrogens (tertiary/aromatic N) is 3. The molecule has 1 aliphatic carbocycles. The van der Waals surface area contributed by atoms with Gasteiger partial charge in [0, 0.05) is 54.1 Å². The first-order chi connectivity index (χ1) is 35.0. The van der Waals surface area contributed by atoms with Gasteiger partial charge in [-0.2, -0.15) is 0 Å². The van der Waals surface area contributed by atoms with Crippen molar-refractivity contribution in [1.29, 1.82) is 0 Å². The Bertz CT molecular complexity index is 3050. The third kappa shape index (κ3) is 10.9. The fourth-order valence-electron chi connectivity index (χ4n) is 9.67. The second kappa shape index (κ2) is 21.7. The standard InChI is InChI=1S/C51H54FN9O12/c1-3-51(72)32-19-37-47-30(25-61(37)49(70)31(32)26-73-50(51)71)46-34(14-13-29-27(2)33(52)20-35(59-47)45(29)46)57-41(65)23-55-40(64)22-56-48(69)36(18-28-10-6-4-7-11-28)58-42(66)24-54-39(63)21-53-38(62)12-8-5-9-17-60-43(67)15-16-44(60)68/h4,6-7,10-11,15-16,19-20,34,36,72H,3,5,8-9,12-14,17-18,21-26H2,1-2H3,(H,53,62)(H,54,63)(H,55,64)(H,56,69)(H,57,65)(H,58,66)/t34-,36-,51-/m0/s1. The number of rotatable bonds is 20. The summed E-state index contributed by atoms with van der Waals surface area (Å²) in [7, 11) is 0. The summed E-state index contributed by atoms with van der Waals surface area (Å²) in [5.74, 6) is -5.94. The van der Waals surface area contributed by atoms with Gasteiger partial charge in [-0.15, -0.1) is 0 Å². The van der Waals surface area contributed by atoms with E-state index in [1.807, 2.05) is 0 Å². The van der Waals surface area contributed by atoms with Gasteiger partial charge in [-0.05, 0) is 67.3 Å². The molecule has 8 rings (SSSR count). The molecule has 3 aliphatic heterocycles. The minimum atomic E-state index is -2.06. The summed E-state index contributed by atoms with van der Waals surface area (Å²) in [5.41, 5.74) is 1.67. The topological polar surface area (TPSA) is 293 Å². The van der Waals surface area contributed by atoms with E-state index in [-0.39, 0.29) is 61.9 Å². The van der Waals surface area contributed by atoms with E-state index in [1.54, 1.807) is 50.2 Å². The molecule has 5 heterocycles. The van der Waals surface area contributed by atoms with E-state index in [0.29, 0.717) is 82.2 Å². The van der Waals surface area contributed by atoms with Gasteiger partial charge in [0.15, 0.2) is 5.60 Å². The lowest BCUT2D eigenvalue weighted by atomic mass is 9.81. The molecule has 22 heteroatoms. The normalized spacial score (nSPS) is 17.5. The molecule has 0 saturated carbocycles. The second-order valence-electron chi connectivity index (χ2n) is 18.3. The molecule has 0 saturated heterocycles. The molecule has 4 aromatic rings. The molecule has 2 aromatic carbocycles.